The minimum Gasteiger partial charge on any atom is -0.457 e. The molecule has 0 atom stereocenters. The van der Waals surface area contributed by atoms with E-state index >= 15 is 0 Å². The summed E-state index contributed by atoms with van der Waals surface area (Å²) < 4.78 is 8.47. The smallest absolute Gasteiger partial charge is 0.258 e. The lowest BCUT2D eigenvalue weighted by Crippen LogP contribution is -2.24. The molecule has 5 aromatic rings. The van der Waals surface area contributed by atoms with Crippen LogP contribution < -0.4 is 10.9 Å². The van der Waals surface area contributed by atoms with Gasteiger partial charge in [0.2, 0.25) is 5.91 Å². The number of benzene rings is 1. The maximum Gasteiger partial charge on any atom is 0.258 e. The number of nitrogens with one attached hydrogen (secondary N) is 1. The van der Waals surface area contributed by atoms with E-state index in [1.54, 1.807) is 17.5 Å². The second-order valence-corrected chi connectivity index (χ2v) is 9.55. The van der Waals surface area contributed by atoms with Crippen LogP contribution in [0.15, 0.2) is 63.3 Å². The Balaban J connectivity index is 1.13. The molecule has 156 valence electrons. The standard InChI is InChI=1S/C21H16N4O3S3/c26-18(12-29-11-13-9-19(27)25-7-8-30-21(25)23-13)22-10-14-5-6-16(28-14)20-24-15-3-1-2-4-17(15)31-20/h1-9H,10-12H2,(H,22,26). The maximum absolute atomic E-state index is 12.2. The van der Waals surface area contributed by atoms with E-state index in [0.29, 0.717) is 34.5 Å². The van der Waals surface area contributed by atoms with E-state index < -0.39 is 0 Å². The minimum absolute atomic E-state index is 0.100. The molecule has 5 rings (SSSR count). The summed E-state index contributed by atoms with van der Waals surface area (Å²) >= 11 is 4.40. The Hall–Kier alpha value is -2.95. The van der Waals surface area contributed by atoms with Crippen LogP contribution in [0.3, 0.4) is 0 Å². The van der Waals surface area contributed by atoms with Gasteiger partial charge in [-0.2, -0.15) is 0 Å². The predicted octanol–water partition coefficient (Wildman–Crippen LogP) is 4.18. The molecule has 1 N–H and O–H groups in total. The van der Waals surface area contributed by atoms with Crippen LogP contribution in [0.25, 0.3) is 25.9 Å². The Kier molecular flexibility index (Phi) is 5.58. The largest absolute Gasteiger partial charge is 0.457 e. The third-order valence-electron chi connectivity index (χ3n) is 4.47. The quantitative estimate of drug-likeness (QED) is 0.386. The third kappa shape index (κ3) is 4.41. The van der Waals surface area contributed by atoms with Gasteiger partial charge in [0.25, 0.3) is 5.56 Å². The zero-order valence-corrected chi connectivity index (χ0v) is 18.6. The van der Waals surface area contributed by atoms with Gasteiger partial charge < -0.3 is 9.73 Å². The van der Waals surface area contributed by atoms with Gasteiger partial charge in [-0.25, -0.2) is 9.97 Å². The molecule has 1 aromatic carbocycles. The first-order chi connectivity index (χ1) is 15.2. The zero-order valence-electron chi connectivity index (χ0n) is 16.1. The molecule has 0 unspecified atom stereocenters. The van der Waals surface area contributed by atoms with Gasteiger partial charge in [-0.1, -0.05) is 12.1 Å². The van der Waals surface area contributed by atoms with Crippen molar-refractivity contribution in [3.8, 4) is 10.8 Å². The predicted molar refractivity (Wildman–Crippen MR) is 125 cm³/mol. The maximum atomic E-state index is 12.2. The Bertz CT molecular complexity index is 1400. The third-order valence-corrected chi connectivity index (χ3v) is 7.24. The van der Waals surface area contributed by atoms with Gasteiger partial charge in [-0.15, -0.1) is 34.4 Å². The first kappa shape index (κ1) is 20.0. The highest BCUT2D eigenvalue weighted by Gasteiger charge is 2.11. The fourth-order valence-electron chi connectivity index (χ4n) is 3.01. The summed E-state index contributed by atoms with van der Waals surface area (Å²) in [5, 5.41) is 5.50. The Morgan fingerprint density at radius 3 is 3.00 bits per heavy atom. The lowest BCUT2D eigenvalue weighted by molar-refractivity contribution is -0.118. The molecule has 0 fully saturated rings. The van der Waals surface area contributed by atoms with Gasteiger partial charge in [-0.3, -0.25) is 14.0 Å². The summed E-state index contributed by atoms with van der Waals surface area (Å²) in [6.07, 6.45) is 1.70. The van der Waals surface area contributed by atoms with E-state index in [2.05, 4.69) is 15.3 Å². The lowest BCUT2D eigenvalue weighted by Gasteiger charge is -2.04. The van der Waals surface area contributed by atoms with Crippen molar-refractivity contribution in [2.75, 3.05) is 5.75 Å². The van der Waals surface area contributed by atoms with E-state index in [9.17, 15) is 9.59 Å². The van der Waals surface area contributed by atoms with Gasteiger partial charge in [0.1, 0.15) is 5.76 Å². The number of fused-ring (bicyclic) bond motifs is 2. The lowest BCUT2D eigenvalue weighted by atomic mass is 10.3. The van der Waals surface area contributed by atoms with E-state index in [0.717, 1.165) is 15.2 Å². The van der Waals surface area contributed by atoms with Crippen molar-refractivity contribution >= 4 is 55.5 Å². The van der Waals surface area contributed by atoms with Crippen molar-refractivity contribution < 1.29 is 9.21 Å². The number of furan rings is 1. The molecule has 0 aliphatic carbocycles. The molecule has 0 bridgehead atoms. The van der Waals surface area contributed by atoms with Crippen LogP contribution in [-0.4, -0.2) is 26.0 Å². The molecule has 31 heavy (non-hydrogen) atoms. The van der Waals surface area contributed by atoms with Gasteiger partial charge in [0.05, 0.1) is 28.2 Å². The molecule has 0 saturated heterocycles. The van der Waals surface area contributed by atoms with Crippen LogP contribution in [0.2, 0.25) is 0 Å². The van der Waals surface area contributed by atoms with Crippen molar-refractivity contribution in [1.82, 2.24) is 19.7 Å². The average molecular weight is 469 g/mol. The minimum atomic E-state index is -0.104. The number of rotatable bonds is 7. The van der Waals surface area contributed by atoms with Crippen molar-refractivity contribution in [1.29, 1.82) is 0 Å². The Labute approximate surface area is 188 Å². The number of aromatic nitrogens is 3. The Morgan fingerprint density at radius 2 is 2.10 bits per heavy atom. The number of hydrogen-bond donors (Lipinski definition) is 1. The molecular formula is C21H16N4O3S3. The monoisotopic (exact) mass is 468 g/mol. The molecule has 0 radical (unpaired) electrons. The van der Waals surface area contributed by atoms with Crippen LogP contribution in [0.1, 0.15) is 11.5 Å². The summed E-state index contributed by atoms with van der Waals surface area (Å²) in [5.74, 6) is 2.04. The van der Waals surface area contributed by atoms with Crippen molar-refractivity contribution in [3.63, 3.8) is 0 Å². The van der Waals surface area contributed by atoms with Gasteiger partial charge in [-0.05, 0) is 24.3 Å². The molecule has 7 nitrogen and oxygen atoms in total. The summed E-state index contributed by atoms with van der Waals surface area (Å²) in [5.41, 5.74) is 1.52. The number of para-hydroxylation sites is 1. The molecule has 0 aliphatic rings. The zero-order chi connectivity index (χ0) is 21.2. The summed E-state index contributed by atoms with van der Waals surface area (Å²) in [6, 6.07) is 13.2. The number of carbonyl (C=O) groups is 1. The van der Waals surface area contributed by atoms with Crippen LogP contribution >= 0.6 is 34.4 Å². The topological polar surface area (TPSA) is 89.5 Å². The molecule has 0 spiro atoms. The molecule has 0 saturated carbocycles. The summed E-state index contributed by atoms with van der Waals surface area (Å²) in [6.45, 7) is 0.311. The van der Waals surface area contributed by atoms with Crippen molar-refractivity contribution in [2.24, 2.45) is 0 Å². The number of carbonyl (C=O) groups excluding carboxylic acids is 1. The molecule has 10 heteroatoms. The van der Waals surface area contributed by atoms with Gasteiger partial charge >= 0.3 is 0 Å². The van der Waals surface area contributed by atoms with Crippen molar-refractivity contribution in [3.05, 3.63) is 75.8 Å². The van der Waals surface area contributed by atoms with E-state index in [1.165, 1.54) is 33.6 Å². The van der Waals surface area contributed by atoms with Crippen molar-refractivity contribution in [2.45, 2.75) is 12.3 Å². The highest BCUT2D eigenvalue weighted by molar-refractivity contribution is 7.99. The number of thioether (sulfide) groups is 1. The van der Waals surface area contributed by atoms with Crippen LogP contribution in [-0.2, 0) is 17.1 Å². The SMILES string of the molecule is O=C(CSCc1cc(=O)n2ccsc2n1)NCc1ccc(-c2nc3ccccc3s2)o1. The highest BCUT2D eigenvalue weighted by Crippen LogP contribution is 2.31. The number of hydrogen-bond acceptors (Lipinski definition) is 8. The van der Waals surface area contributed by atoms with Crippen LogP contribution in [0.4, 0.5) is 0 Å². The Morgan fingerprint density at radius 1 is 1.19 bits per heavy atom. The van der Waals surface area contributed by atoms with Gasteiger partial charge in [0, 0.05) is 23.4 Å². The van der Waals surface area contributed by atoms with E-state index in [4.69, 9.17) is 4.42 Å². The molecular weight excluding hydrogens is 452 g/mol. The number of nitrogens with zero attached hydrogens (tertiary/aromatic N) is 3. The second kappa shape index (κ2) is 8.66. The highest BCUT2D eigenvalue weighted by atomic mass is 32.2. The van der Waals surface area contributed by atoms with E-state index in [-0.39, 0.29) is 17.2 Å². The fraction of sp³-hybridized carbons (Fsp3) is 0.143. The summed E-state index contributed by atoms with van der Waals surface area (Å²) in [7, 11) is 0. The number of amides is 1. The van der Waals surface area contributed by atoms with Gasteiger partial charge in [0.15, 0.2) is 15.7 Å². The molecule has 0 aliphatic heterocycles. The molecule has 4 heterocycles. The van der Waals surface area contributed by atoms with Crippen LogP contribution in [0, 0.1) is 0 Å². The first-order valence-electron chi connectivity index (χ1n) is 9.40. The molecule has 4 aromatic heterocycles. The molecule has 1 amide bonds. The second-order valence-electron chi connectivity index (χ2n) is 6.66. The van der Waals surface area contributed by atoms with E-state index in [1.807, 2.05) is 41.8 Å². The fourth-order valence-corrected chi connectivity index (χ4v) is 5.42. The average Bonchev–Trinajstić information content (AvgIpc) is 3.50. The number of thiazole rings is 2. The first-order valence-corrected chi connectivity index (χ1v) is 12.3. The summed E-state index contributed by atoms with van der Waals surface area (Å²) in [4.78, 5) is 33.9. The normalized spacial score (nSPS) is 11.4. The van der Waals surface area contributed by atoms with Crippen LogP contribution in [0.5, 0.6) is 0 Å².